The Kier molecular flexibility index (Phi) is 24.0. The lowest BCUT2D eigenvalue weighted by molar-refractivity contribution is -0.142. The summed E-state index contributed by atoms with van der Waals surface area (Å²) in [5.74, 6) is -7.91. The molecule has 21 nitrogen and oxygen atoms in total. The minimum absolute atomic E-state index is 0.000830. The molecule has 2 aromatic rings. The summed E-state index contributed by atoms with van der Waals surface area (Å²) in [7, 11) is 0. The minimum atomic E-state index is -1.65. The molecule has 0 spiro atoms. The monoisotopic (exact) mass is 1010 g/mol. The molecular weight excluding hydrogens is 945 g/mol. The fourth-order valence-corrected chi connectivity index (χ4v) is 8.11. The molecule has 7 atom stereocenters. The van der Waals surface area contributed by atoms with E-state index in [-0.39, 0.29) is 74.2 Å². The Morgan fingerprint density at radius 1 is 0.629 bits per heavy atom. The lowest BCUT2D eigenvalue weighted by atomic mass is 9.99. The maximum Gasteiger partial charge on any atom is 0.246 e. The van der Waals surface area contributed by atoms with Crippen LogP contribution in [0.2, 0.25) is 0 Å². The summed E-state index contributed by atoms with van der Waals surface area (Å²) in [5.41, 5.74) is 11.9. The van der Waals surface area contributed by atoms with Gasteiger partial charge >= 0.3 is 0 Å². The fourth-order valence-electron chi connectivity index (χ4n) is 7.66. The number of carbonyl (C=O) groups is 10. The van der Waals surface area contributed by atoms with E-state index < -0.39 is 114 Å². The average Bonchev–Trinajstić information content (AvgIpc) is 3.80. The highest BCUT2D eigenvalue weighted by Crippen LogP contribution is 2.20. The zero-order chi connectivity index (χ0) is 52.1. The quantitative estimate of drug-likeness (QED) is 0.0454. The van der Waals surface area contributed by atoms with Gasteiger partial charge in [0.05, 0.1) is 13.0 Å². The van der Waals surface area contributed by atoms with Crippen LogP contribution in [0, 0.1) is 11.8 Å². The summed E-state index contributed by atoms with van der Waals surface area (Å²) < 4.78 is 0. The van der Waals surface area contributed by atoms with E-state index in [1.807, 2.05) is 13.8 Å². The Bertz CT molecular complexity index is 2150. The number of rotatable bonds is 28. The first-order chi connectivity index (χ1) is 33.1. The number of carbonyl (C=O) groups excluding carboxylic acids is 10. The molecule has 12 N–H and O–H groups in total. The van der Waals surface area contributed by atoms with E-state index in [4.69, 9.17) is 11.5 Å². The number of phenols is 1. The standard InChI is InChI=1S/C47H68N10O11S2/c1-26(2)19-31(41(62)50-24-39(49)60)55-46(67)37-11-8-17-57(37)47(68)36(25-70)56-45(66)35(23-38(48)59)54-42(63)32(20-27(3)4)52-44(65)34(21-28-9-6-5-7-10-28)53-43(64)33(51-40(61)16-18-69)22-29-12-14-30(58)15-13-29/h5-7,9-10,12-15,26-27,31-37,58,69-70H,8,11,16-25H2,1-4H3,(H2,48,59)(H2,49,60)(H,50,62)(H,51,61)(H,52,65)(H,53,64)(H,54,63)(H,55,67)(H,56,66)/t31-,32-,33-,34-,35-,36-,37-/m0/s1. The molecule has 3 rings (SSSR count). The van der Waals surface area contributed by atoms with Crippen LogP contribution in [-0.4, -0.2) is 136 Å². The van der Waals surface area contributed by atoms with Gasteiger partial charge in [0.2, 0.25) is 59.1 Å². The Morgan fingerprint density at radius 2 is 1.13 bits per heavy atom. The van der Waals surface area contributed by atoms with E-state index in [2.05, 4.69) is 62.5 Å². The zero-order valence-electron chi connectivity index (χ0n) is 39.9. The molecule has 0 unspecified atom stereocenters. The van der Waals surface area contributed by atoms with Crippen LogP contribution in [-0.2, 0) is 60.8 Å². The van der Waals surface area contributed by atoms with Crippen molar-refractivity contribution in [3.05, 3.63) is 65.7 Å². The van der Waals surface area contributed by atoms with Crippen LogP contribution in [0.4, 0.5) is 0 Å². The fraction of sp³-hybridized carbons (Fsp3) is 0.532. The number of aromatic hydroxyl groups is 1. The third-order valence-corrected chi connectivity index (χ3v) is 11.7. The van der Waals surface area contributed by atoms with Crippen LogP contribution >= 0.6 is 25.3 Å². The maximum atomic E-state index is 14.3. The Morgan fingerprint density at radius 3 is 1.67 bits per heavy atom. The van der Waals surface area contributed by atoms with Crippen molar-refractivity contribution in [1.29, 1.82) is 0 Å². The first-order valence-corrected chi connectivity index (χ1v) is 24.4. The number of primary amides is 2. The van der Waals surface area contributed by atoms with Gasteiger partial charge in [-0.2, -0.15) is 25.3 Å². The molecule has 1 saturated heterocycles. The van der Waals surface area contributed by atoms with Gasteiger partial charge in [-0.25, -0.2) is 0 Å². The molecular formula is C47H68N10O11S2. The van der Waals surface area contributed by atoms with Gasteiger partial charge in [-0.1, -0.05) is 70.2 Å². The molecule has 23 heteroatoms. The van der Waals surface area contributed by atoms with E-state index in [0.29, 0.717) is 17.5 Å². The largest absolute Gasteiger partial charge is 0.508 e. The molecule has 10 amide bonds. The Balaban J connectivity index is 1.83. The van der Waals surface area contributed by atoms with Crippen LogP contribution in [0.5, 0.6) is 5.75 Å². The minimum Gasteiger partial charge on any atom is -0.508 e. The second-order valence-corrected chi connectivity index (χ2v) is 18.8. The smallest absolute Gasteiger partial charge is 0.246 e. The summed E-state index contributed by atoms with van der Waals surface area (Å²) in [6.45, 7) is 6.91. The van der Waals surface area contributed by atoms with E-state index in [1.54, 1.807) is 56.3 Å². The Hall–Kier alpha value is -6.36. The van der Waals surface area contributed by atoms with Crippen molar-refractivity contribution in [1.82, 2.24) is 42.1 Å². The summed E-state index contributed by atoms with van der Waals surface area (Å²) in [6, 6.07) is 5.86. The number of nitrogens with zero attached hydrogens (tertiary/aromatic N) is 1. The molecule has 1 aliphatic rings. The lowest BCUT2D eigenvalue weighted by Crippen LogP contribution is -2.61. The van der Waals surface area contributed by atoms with Gasteiger partial charge in [0.1, 0.15) is 48.0 Å². The summed E-state index contributed by atoms with van der Waals surface area (Å²) in [6.07, 6.45) is 0.128. The van der Waals surface area contributed by atoms with Crippen molar-refractivity contribution < 1.29 is 53.1 Å². The topological polar surface area (TPSA) is 330 Å². The zero-order valence-corrected chi connectivity index (χ0v) is 41.7. The van der Waals surface area contributed by atoms with E-state index in [0.717, 1.165) is 0 Å². The van der Waals surface area contributed by atoms with Gasteiger partial charge in [-0.3, -0.25) is 47.9 Å². The number of benzene rings is 2. The third-order valence-electron chi connectivity index (χ3n) is 11.1. The summed E-state index contributed by atoms with van der Waals surface area (Å²) in [4.78, 5) is 134. The molecule has 1 heterocycles. The molecule has 2 aromatic carbocycles. The second-order valence-electron chi connectivity index (χ2n) is 17.9. The van der Waals surface area contributed by atoms with Gasteiger partial charge < -0.3 is 58.7 Å². The number of amides is 10. The number of likely N-dealkylation sites (tertiary alicyclic amines) is 1. The normalized spacial score (nSPS) is 15.8. The van der Waals surface area contributed by atoms with Gasteiger partial charge in [-0.05, 0) is 66.5 Å². The van der Waals surface area contributed by atoms with Gasteiger partial charge in [0.25, 0.3) is 0 Å². The van der Waals surface area contributed by atoms with Crippen molar-refractivity contribution in [2.75, 3.05) is 24.6 Å². The molecule has 70 heavy (non-hydrogen) atoms. The lowest BCUT2D eigenvalue weighted by Gasteiger charge is -2.30. The highest BCUT2D eigenvalue weighted by Gasteiger charge is 2.40. The van der Waals surface area contributed by atoms with Gasteiger partial charge in [0.15, 0.2) is 0 Å². The van der Waals surface area contributed by atoms with Crippen LogP contribution in [0.25, 0.3) is 0 Å². The summed E-state index contributed by atoms with van der Waals surface area (Å²) >= 11 is 8.40. The van der Waals surface area contributed by atoms with Crippen LogP contribution < -0.4 is 48.7 Å². The number of hydrogen-bond donors (Lipinski definition) is 12. The molecule has 0 aromatic heterocycles. The SMILES string of the molecule is CC(C)C[C@H](NC(=O)[C@H](Cc1ccccc1)NC(=O)[C@H](Cc1ccc(O)cc1)NC(=O)CCS)C(=O)N[C@@H](CC(N)=O)C(=O)N[C@@H](CS)C(=O)N1CCC[C@H]1C(=O)N[C@@H](CC(C)C)C(=O)NCC(N)=O. The van der Waals surface area contributed by atoms with Crippen molar-refractivity contribution in [3.8, 4) is 5.75 Å². The van der Waals surface area contributed by atoms with Crippen molar-refractivity contribution in [3.63, 3.8) is 0 Å². The van der Waals surface area contributed by atoms with Crippen molar-refractivity contribution in [2.24, 2.45) is 23.3 Å². The number of hydrogen-bond acceptors (Lipinski definition) is 13. The second kappa shape index (κ2) is 29.0. The van der Waals surface area contributed by atoms with E-state index >= 15 is 0 Å². The highest BCUT2D eigenvalue weighted by atomic mass is 32.1. The molecule has 1 fully saturated rings. The predicted molar refractivity (Wildman–Crippen MR) is 266 cm³/mol. The van der Waals surface area contributed by atoms with Crippen LogP contribution in [0.3, 0.4) is 0 Å². The molecule has 0 saturated carbocycles. The number of thiol groups is 2. The third kappa shape index (κ3) is 19.6. The number of phenolic OH excluding ortho intramolecular Hbond substituents is 1. The van der Waals surface area contributed by atoms with E-state index in [1.165, 1.54) is 17.0 Å². The van der Waals surface area contributed by atoms with Crippen LogP contribution in [0.15, 0.2) is 54.6 Å². The number of nitrogens with one attached hydrogen (secondary N) is 7. The number of nitrogens with two attached hydrogens (primary N) is 2. The molecule has 0 bridgehead atoms. The highest BCUT2D eigenvalue weighted by molar-refractivity contribution is 7.80. The molecule has 1 aliphatic heterocycles. The summed E-state index contributed by atoms with van der Waals surface area (Å²) in [5, 5.41) is 28.0. The van der Waals surface area contributed by atoms with E-state index in [9.17, 15) is 53.1 Å². The van der Waals surface area contributed by atoms with Crippen molar-refractivity contribution in [2.45, 2.75) is 121 Å². The molecule has 0 radical (unpaired) electrons. The van der Waals surface area contributed by atoms with Crippen molar-refractivity contribution >= 4 is 84.3 Å². The molecule has 0 aliphatic carbocycles. The molecule has 384 valence electrons. The average molecular weight is 1010 g/mol. The predicted octanol–water partition coefficient (Wildman–Crippen LogP) is -1.10. The van der Waals surface area contributed by atoms with Gasteiger partial charge in [0, 0.05) is 31.6 Å². The van der Waals surface area contributed by atoms with Crippen LogP contribution in [0.1, 0.15) is 77.3 Å². The first-order valence-electron chi connectivity index (χ1n) is 23.1. The Labute approximate surface area is 418 Å². The van der Waals surface area contributed by atoms with Gasteiger partial charge in [-0.15, -0.1) is 0 Å². The maximum absolute atomic E-state index is 14.3. The first kappa shape index (κ1) is 58.0.